The summed E-state index contributed by atoms with van der Waals surface area (Å²) in [7, 11) is 1.55. The lowest BCUT2D eigenvalue weighted by atomic mass is 10.0. The number of rotatable bonds is 4. The first-order valence-electron chi connectivity index (χ1n) is 4.74. The summed E-state index contributed by atoms with van der Waals surface area (Å²) >= 11 is 0. The van der Waals surface area contributed by atoms with Gasteiger partial charge in [0.05, 0.1) is 7.11 Å². The summed E-state index contributed by atoms with van der Waals surface area (Å²) in [4.78, 5) is 0. The predicted octanol–water partition coefficient (Wildman–Crippen LogP) is 1.54. The van der Waals surface area contributed by atoms with E-state index in [-0.39, 0.29) is 5.75 Å². The zero-order valence-electron chi connectivity index (χ0n) is 8.66. The molecule has 0 aliphatic rings. The highest BCUT2D eigenvalue weighted by Gasteiger charge is 2.09. The number of hydrogen-bond acceptors (Lipinski definition) is 3. The Morgan fingerprint density at radius 2 is 2.21 bits per heavy atom. The van der Waals surface area contributed by atoms with Crippen LogP contribution in [0.25, 0.3) is 0 Å². The number of phenols is 1. The number of hydrogen-bond donors (Lipinski definition) is 2. The van der Waals surface area contributed by atoms with Crippen LogP contribution in [0.3, 0.4) is 0 Å². The normalized spacial score (nSPS) is 12.5. The summed E-state index contributed by atoms with van der Waals surface area (Å²) in [5.74, 6) is 1.12. The molecule has 0 radical (unpaired) electrons. The minimum absolute atomic E-state index is 0.232. The average Bonchev–Trinajstić information content (AvgIpc) is 2.21. The van der Waals surface area contributed by atoms with Crippen LogP contribution < -0.4 is 10.5 Å². The van der Waals surface area contributed by atoms with E-state index in [1.807, 2.05) is 12.1 Å². The Hall–Kier alpha value is -1.22. The van der Waals surface area contributed by atoms with Crippen LogP contribution in [0.15, 0.2) is 18.2 Å². The number of phenolic OH excluding ortho intramolecular Hbond substituents is 1. The van der Waals surface area contributed by atoms with Crippen molar-refractivity contribution in [2.24, 2.45) is 11.7 Å². The first-order chi connectivity index (χ1) is 6.69. The molecular formula is C11H17NO2. The molecule has 1 aromatic rings. The van der Waals surface area contributed by atoms with Gasteiger partial charge in [0.15, 0.2) is 11.5 Å². The monoisotopic (exact) mass is 195 g/mol. The van der Waals surface area contributed by atoms with Crippen LogP contribution in [0, 0.1) is 5.92 Å². The van der Waals surface area contributed by atoms with Crippen molar-refractivity contribution in [2.45, 2.75) is 13.3 Å². The standard InChI is InChI=1S/C11H17NO2/c1-8(7-12)6-9-4-3-5-10(14-2)11(9)13/h3-5,8,13H,6-7,12H2,1-2H3. The molecule has 0 heterocycles. The van der Waals surface area contributed by atoms with Gasteiger partial charge in [0, 0.05) is 0 Å². The number of methoxy groups -OCH3 is 1. The maximum absolute atomic E-state index is 9.77. The Kier molecular flexibility index (Phi) is 3.77. The molecule has 0 spiro atoms. The van der Waals surface area contributed by atoms with Crippen LogP contribution in [0.5, 0.6) is 11.5 Å². The van der Waals surface area contributed by atoms with Gasteiger partial charge in [-0.05, 0) is 30.5 Å². The van der Waals surface area contributed by atoms with Gasteiger partial charge in [0.1, 0.15) is 0 Å². The van der Waals surface area contributed by atoms with Gasteiger partial charge in [-0.1, -0.05) is 19.1 Å². The molecule has 14 heavy (non-hydrogen) atoms. The third-order valence-corrected chi connectivity index (χ3v) is 2.27. The fraction of sp³-hybridized carbons (Fsp3) is 0.455. The molecule has 0 saturated carbocycles. The Balaban J connectivity index is 2.86. The summed E-state index contributed by atoms with van der Waals surface area (Å²) < 4.78 is 5.02. The second-order valence-electron chi connectivity index (χ2n) is 3.51. The van der Waals surface area contributed by atoms with E-state index in [1.165, 1.54) is 0 Å². The minimum Gasteiger partial charge on any atom is -0.504 e. The van der Waals surface area contributed by atoms with Crippen molar-refractivity contribution in [2.75, 3.05) is 13.7 Å². The second-order valence-corrected chi connectivity index (χ2v) is 3.51. The third kappa shape index (κ3) is 2.39. The quantitative estimate of drug-likeness (QED) is 0.766. The number of aromatic hydroxyl groups is 1. The maximum Gasteiger partial charge on any atom is 0.160 e. The summed E-state index contributed by atoms with van der Waals surface area (Å²) in [6, 6.07) is 5.51. The molecule has 0 fully saturated rings. The molecule has 0 saturated heterocycles. The van der Waals surface area contributed by atoms with E-state index in [9.17, 15) is 5.11 Å². The number of ether oxygens (including phenoxy) is 1. The molecule has 3 N–H and O–H groups in total. The number of nitrogens with two attached hydrogens (primary N) is 1. The van der Waals surface area contributed by atoms with Crippen molar-refractivity contribution < 1.29 is 9.84 Å². The molecule has 1 unspecified atom stereocenters. The zero-order valence-corrected chi connectivity index (χ0v) is 8.66. The largest absolute Gasteiger partial charge is 0.504 e. The number of benzene rings is 1. The van der Waals surface area contributed by atoms with E-state index in [2.05, 4.69) is 6.92 Å². The fourth-order valence-electron chi connectivity index (χ4n) is 1.36. The molecule has 0 bridgehead atoms. The molecule has 1 atom stereocenters. The van der Waals surface area contributed by atoms with E-state index in [0.29, 0.717) is 18.2 Å². The smallest absolute Gasteiger partial charge is 0.160 e. The minimum atomic E-state index is 0.232. The first-order valence-corrected chi connectivity index (χ1v) is 4.74. The lowest BCUT2D eigenvalue weighted by molar-refractivity contribution is 0.369. The van der Waals surface area contributed by atoms with Crippen LogP contribution in [0.1, 0.15) is 12.5 Å². The van der Waals surface area contributed by atoms with E-state index >= 15 is 0 Å². The molecule has 0 amide bonds. The van der Waals surface area contributed by atoms with Crippen LogP contribution in [-0.2, 0) is 6.42 Å². The summed E-state index contributed by atoms with van der Waals surface area (Å²) in [5.41, 5.74) is 6.42. The molecular weight excluding hydrogens is 178 g/mol. The summed E-state index contributed by atoms with van der Waals surface area (Å²) in [6.07, 6.45) is 0.777. The van der Waals surface area contributed by atoms with Gasteiger partial charge >= 0.3 is 0 Å². The van der Waals surface area contributed by atoms with Crippen molar-refractivity contribution in [1.82, 2.24) is 0 Å². The van der Waals surface area contributed by atoms with Gasteiger partial charge in [-0.2, -0.15) is 0 Å². The molecule has 0 aromatic heterocycles. The Morgan fingerprint density at radius 1 is 1.50 bits per heavy atom. The average molecular weight is 195 g/mol. The van der Waals surface area contributed by atoms with E-state index in [0.717, 1.165) is 12.0 Å². The maximum atomic E-state index is 9.77. The summed E-state index contributed by atoms with van der Waals surface area (Å²) in [5, 5.41) is 9.77. The Morgan fingerprint density at radius 3 is 2.79 bits per heavy atom. The van der Waals surface area contributed by atoms with Gasteiger partial charge in [0.25, 0.3) is 0 Å². The molecule has 0 aliphatic carbocycles. The molecule has 78 valence electrons. The molecule has 3 nitrogen and oxygen atoms in total. The Labute approximate surface area is 84.5 Å². The van der Waals surface area contributed by atoms with Gasteiger partial charge in [0.2, 0.25) is 0 Å². The molecule has 1 aromatic carbocycles. The fourth-order valence-corrected chi connectivity index (χ4v) is 1.36. The van der Waals surface area contributed by atoms with Crippen molar-refractivity contribution in [3.05, 3.63) is 23.8 Å². The highest BCUT2D eigenvalue weighted by atomic mass is 16.5. The van der Waals surface area contributed by atoms with Crippen LogP contribution in [-0.4, -0.2) is 18.8 Å². The van der Waals surface area contributed by atoms with Gasteiger partial charge in [-0.3, -0.25) is 0 Å². The van der Waals surface area contributed by atoms with Gasteiger partial charge < -0.3 is 15.6 Å². The zero-order chi connectivity index (χ0) is 10.6. The predicted molar refractivity (Wildman–Crippen MR) is 56.6 cm³/mol. The highest BCUT2D eigenvalue weighted by Crippen LogP contribution is 2.30. The van der Waals surface area contributed by atoms with Crippen molar-refractivity contribution in [3.63, 3.8) is 0 Å². The second kappa shape index (κ2) is 4.86. The van der Waals surface area contributed by atoms with Crippen LogP contribution in [0.4, 0.5) is 0 Å². The van der Waals surface area contributed by atoms with Crippen molar-refractivity contribution >= 4 is 0 Å². The Bertz CT molecular complexity index is 299. The lowest BCUT2D eigenvalue weighted by Gasteiger charge is -2.11. The van der Waals surface area contributed by atoms with Crippen molar-refractivity contribution in [1.29, 1.82) is 0 Å². The van der Waals surface area contributed by atoms with E-state index in [4.69, 9.17) is 10.5 Å². The topological polar surface area (TPSA) is 55.5 Å². The van der Waals surface area contributed by atoms with Crippen LogP contribution >= 0.6 is 0 Å². The van der Waals surface area contributed by atoms with Gasteiger partial charge in [-0.15, -0.1) is 0 Å². The van der Waals surface area contributed by atoms with E-state index < -0.39 is 0 Å². The van der Waals surface area contributed by atoms with Crippen molar-refractivity contribution in [3.8, 4) is 11.5 Å². The first kappa shape index (κ1) is 10.9. The van der Waals surface area contributed by atoms with Crippen LogP contribution in [0.2, 0.25) is 0 Å². The summed E-state index contributed by atoms with van der Waals surface area (Å²) in [6.45, 7) is 2.68. The van der Waals surface area contributed by atoms with E-state index in [1.54, 1.807) is 13.2 Å². The molecule has 1 rings (SSSR count). The third-order valence-electron chi connectivity index (χ3n) is 2.27. The molecule has 3 heteroatoms. The SMILES string of the molecule is COc1cccc(CC(C)CN)c1O. The van der Waals surface area contributed by atoms with Gasteiger partial charge in [-0.25, -0.2) is 0 Å². The lowest BCUT2D eigenvalue weighted by Crippen LogP contribution is -2.13. The highest BCUT2D eigenvalue weighted by molar-refractivity contribution is 5.45. The number of para-hydroxylation sites is 1. The molecule has 0 aliphatic heterocycles.